The van der Waals surface area contributed by atoms with Crippen molar-refractivity contribution in [3.05, 3.63) is 66.1 Å². The number of hydrogen-bond acceptors (Lipinski definition) is 6. The highest BCUT2D eigenvalue weighted by molar-refractivity contribution is 5.93. The van der Waals surface area contributed by atoms with Crippen molar-refractivity contribution in [3.8, 4) is 11.5 Å². The molecule has 1 heterocycles. The Morgan fingerprint density at radius 1 is 1.00 bits per heavy atom. The number of carbonyl (C=O) groups excluding carboxylic acids is 1. The van der Waals surface area contributed by atoms with Crippen LogP contribution in [0.1, 0.15) is 25.1 Å². The highest BCUT2D eigenvalue weighted by Crippen LogP contribution is 2.27. The summed E-state index contributed by atoms with van der Waals surface area (Å²) in [6, 6.07) is 15.0. The fourth-order valence-electron chi connectivity index (χ4n) is 2.92. The molecule has 0 saturated heterocycles. The van der Waals surface area contributed by atoms with Crippen molar-refractivity contribution < 1.29 is 14.3 Å². The van der Waals surface area contributed by atoms with Crippen molar-refractivity contribution in [3.63, 3.8) is 0 Å². The van der Waals surface area contributed by atoms with Crippen molar-refractivity contribution >= 4 is 23.1 Å². The summed E-state index contributed by atoms with van der Waals surface area (Å²) in [6.07, 6.45) is 2.30. The number of aromatic nitrogens is 2. The molecule has 1 amide bonds. The van der Waals surface area contributed by atoms with Crippen LogP contribution in [0.15, 0.2) is 54.9 Å². The van der Waals surface area contributed by atoms with Gasteiger partial charge in [-0.2, -0.15) is 0 Å². The molecule has 7 nitrogen and oxygen atoms in total. The van der Waals surface area contributed by atoms with E-state index in [0.717, 1.165) is 29.1 Å². The van der Waals surface area contributed by atoms with Gasteiger partial charge in [0.1, 0.15) is 12.1 Å². The molecule has 0 aliphatic rings. The Balaban J connectivity index is 1.68. The van der Waals surface area contributed by atoms with Gasteiger partial charge in [-0.15, -0.1) is 0 Å². The van der Waals surface area contributed by atoms with Gasteiger partial charge in [0.25, 0.3) is 5.91 Å². The largest absolute Gasteiger partial charge is 0.490 e. The van der Waals surface area contributed by atoms with Crippen molar-refractivity contribution in [2.24, 2.45) is 0 Å². The summed E-state index contributed by atoms with van der Waals surface area (Å²) in [5.41, 5.74) is 3.46. The van der Waals surface area contributed by atoms with Crippen molar-refractivity contribution in [1.29, 1.82) is 0 Å². The van der Waals surface area contributed by atoms with Gasteiger partial charge in [-0.05, 0) is 50.1 Å². The number of nitrogens with zero attached hydrogens (tertiary/aromatic N) is 2. The second kappa shape index (κ2) is 10.2. The van der Waals surface area contributed by atoms with E-state index in [2.05, 4.69) is 20.6 Å². The van der Waals surface area contributed by atoms with Crippen LogP contribution in [-0.2, 0) is 11.2 Å². The van der Waals surface area contributed by atoms with E-state index >= 15 is 0 Å². The fraction of sp³-hybridized carbons (Fsp3) is 0.261. The number of hydrogen-bond donors (Lipinski definition) is 2. The van der Waals surface area contributed by atoms with Crippen LogP contribution in [-0.4, -0.2) is 29.1 Å². The van der Waals surface area contributed by atoms with Crippen LogP contribution in [0, 0.1) is 6.92 Å². The first-order valence-corrected chi connectivity index (χ1v) is 9.92. The zero-order valence-corrected chi connectivity index (χ0v) is 17.4. The summed E-state index contributed by atoms with van der Waals surface area (Å²) in [6.45, 7) is 6.26. The molecular formula is C23H26N4O3. The zero-order valence-electron chi connectivity index (χ0n) is 17.4. The standard InChI is InChI=1S/C23H26N4O3/c1-4-17-10-11-18(26-22-12-16(3)24-15-25-22)13-19(17)27-23(28)14-30-21-9-7-6-8-20(21)29-5-2/h6-13,15H,4-5,14H2,1-3H3,(H,27,28)(H,24,25,26). The summed E-state index contributed by atoms with van der Waals surface area (Å²) in [7, 11) is 0. The van der Waals surface area contributed by atoms with Crippen LogP contribution in [0.5, 0.6) is 11.5 Å². The number of rotatable bonds is 9. The molecule has 3 rings (SSSR count). The summed E-state index contributed by atoms with van der Waals surface area (Å²) in [4.78, 5) is 20.8. The number of carbonyl (C=O) groups is 1. The molecule has 2 aromatic carbocycles. The van der Waals surface area contributed by atoms with E-state index in [1.165, 1.54) is 6.33 Å². The second-order valence-corrected chi connectivity index (χ2v) is 6.61. The van der Waals surface area contributed by atoms with E-state index in [-0.39, 0.29) is 12.5 Å². The predicted molar refractivity (Wildman–Crippen MR) is 118 cm³/mol. The maximum absolute atomic E-state index is 12.5. The molecule has 0 fully saturated rings. The van der Waals surface area contributed by atoms with Gasteiger partial charge in [-0.25, -0.2) is 9.97 Å². The SMILES string of the molecule is CCOc1ccccc1OCC(=O)Nc1cc(Nc2cc(C)ncn2)ccc1CC. The lowest BCUT2D eigenvalue weighted by atomic mass is 10.1. The molecule has 2 N–H and O–H groups in total. The molecule has 0 bridgehead atoms. The van der Waals surface area contributed by atoms with Gasteiger partial charge in [0, 0.05) is 23.1 Å². The quantitative estimate of drug-likeness (QED) is 0.544. The normalized spacial score (nSPS) is 10.4. The first-order chi connectivity index (χ1) is 14.6. The average Bonchev–Trinajstić information content (AvgIpc) is 2.74. The molecule has 0 atom stereocenters. The third-order valence-electron chi connectivity index (χ3n) is 4.35. The topological polar surface area (TPSA) is 85.4 Å². The first-order valence-electron chi connectivity index (χ1n) is 9.92. The summed E-state index contributed by atoms with van der Waals surface area (Å²) in [5.74, 6) is 1.61. The van der Waals surface area contributed by atoms with Gasteiger partial charge in [-0.3, -0.25) is 4.79 Å². The molecule has 0 unspecified atom stereocenters. The van der Waals surface area contributed by atoms with Crippen LogP contribution in [0.3, 0.4) is 0 Å². The number of ether oxygens (including phenoxy) is 2. The van der Waals surface area contributed by atoms with E-state index in [4.69, 9.17) is 9.47 Å². The monoisotopic (exact) mass is 406 g/mol. The number of nitrogens with one attached hydrogen (secondary N) is 2. The molecule has 30 heavy (non-hydrogen) atoms. The minimum atomic E-state index is -0.244. The number of amides is 1. The first kappa shape index (κ1) is 21.1. The lowest BCUT2D eigenvalue weighted by Crippen LogP contribution is -2.21. The van der Waals surface area contributed by atoms with E-state index < -0.39 is 0 Å². The maximum Gasteiger partial charge on any atom is 0.262 e. The van der Waals surface area contributed by atoms with Gasteiger partial charge in [0.2, 0.25) is 0 Å². The average molecular weight is 406 g/mol. The Hall–Kier alpha value is -3.61. The van der Waals surface area contributed by atoms with Crippen LogP contribution in [0.4, 0.5) is 17.2 Å². The molecular weight excluding hydrogens is 380 g/mol. The number of aryl methyl sites for hydroxylation is 2. The third kappa shape index (κ3) is 5.70. The second-order valence-electron chi connectivity index (χ2n) is 6.61. The highest BCUT2D eigenvalue weighted by Gasteiger charge is 2.11. The molecule has 0 radical (unpaired) electrons. The van der Waals surface area contributed by atoms with E-state index in [9.17, 15) is 4.79 Å². The Labute approximate surface area is 176 Å². The zero-order chi connectivity index (χ0) is 21.3. The maximum atomic E-state index is 12.5. The molecule has 0 aliphatic carbocycles. The van der Waals surface area contributed by atoms with Gasteiger partial charge < -0.3 is 20.1 Å². The van der Waals surface area contributed by atoms with E-state index in [1.807, 2.05) is 63.2 Å². The molecule has 0 saturated carbocycles. The predicted octanol–water partition coefficient (Wildman–Crippen LogP) is 4.51. The van der Waals surface area contributed by atoms with Crippen molar-refractivity contribution in [2.45, 2.75) is 27.2 Å². The Morgan fingerprint density at radius 2 is 1.77 bits per heavy atom. The molecule has 0 spiro atoms. The van der Waals surface area contributed by atoms with Crippen LogP contribution in [0.2, 0.25) is 0 Å². The fourth-order valence-corrected chi connectivity index (χ4v) is 2.92. The van der Waals surface area contributed by atoms with Crippen molar-refractivity contribution in [1.82, 2.24) is 9.97 Å². The number of benzene rings is 2. The minimum Gasteiger partial charge on any atom is -0.490 e. The molecule has 3 aromatic rings. The Morgan fingerprint density at radius 3 is 2.47 bits per heavy atom. The Kier molecular flexibility index (Phi) is 7.21. The van der Waals surface area contributed by atoms with Crippen LogP contribution < -0.4 is 20.1 Å². The van der Waals surface area contributed by atoms with Gasteiger partial charge in [0.05, 0.1) is 6.61 Å². The third-order valence-corrected chi connectivity index (χ3v) is 4.35. The number of anilines is 3. The molecule has 7 heteroatoms. The van der Waals surface area contributed by atoms with Crippen LogP contribution >= 0.6 is 0 Å². The Bertz CT molecular complexity index is 1010. The van der Waals surface area contributed by atoms with Crippen molar-refractivity contribution in [2.75, 3.05) is 23.8 Å². The molecule has 0 aliphatic heterocycles. The summed E-state index contributed by atoms with van der Waals surface area (Å²) in [5, 5.41) is 6.18. The van der Waals surface area contributed by atoms with Gasteiger partial charge in [-0.1, -0.05) is 25.1 Å². The molecule has 156 valence electrons. The number of para-hydroxylation sites is 2. The smallest absolute Gasteiger partial charge is 0.262 e. The summed E-state index contributed by atoms with van der Waals surface area (Å²) >= 11 is 0. The lowest BCUT2D eigenvalue weighted by Gasteiger charge is -2.14. The van der Waals surface area contributed by atoms with Gasteiger partial charge in [0.15, 0.2) is 18.1 Å². The summed E-state index contributed by atoms with van der Waals surface area (Å²) < 4.78 is 11.2. The van der Waals surface area contributed by atoms with Crippen LogP contribution in [0.25, 0.3) is 0 Å². The van der Waals surface area contributed by atoms with E-state index in [1.54, 1.807) is 6.07 Å². The van der Waals surface area contributed by atoms with Gasteiger partial charge >= 0.3 is 0 Å². The lowest BCUT2D eigenvalue weighted by molar-refractivity contribution is -0.118. The molecule has 1 aromatic heterocycles. The highest BCUT2D eigenvalue weighted by atomic mass is 16.5. The minimum absolute atomic E-state index is 0.115. The van der Waals surface area contributed by atoms with E-state index in [0.29, 0.717) is 23.9 Å².